The van der Waals surface area contributed by atoms with Gasteiger partial charge in [0.15, 0.2) is 0 Å². The Morgan fingerprint density at radius 2 is 0.763 bits per heavy atom. The van der Waals surface area contributed by atoms with Gasteiger partial charge in [-0.25, -0.2) is 0 Å². The van der Waals surface area contributed by atoms with Crippen LogP contribution in [0.3, 0.4) is 0 Å². The van der Waals surface area contributed by atoms with E-state index in [0.29, 0.717) is 11.8 Å². The molecule has 0 bridgehead atoms. The molecule has 0 aromatic heterocycles. The van der Waals surface area contributed by atoms with E-state index in [9.17, 15) is 0 Å². The summed E-state index contributed by atoms with van der Waals surface area (Å²) >= 11 is 0. The summed E-state index contributed by atoms with van der Waals surface area (Å²) < 4.78 is 0. The molecule has 59 heavy (non-hydrogen) atoms. The van der Waals surface area contributed by atoms with Crippen molar-refractivity contribution in [3.63, 3.8) is 0 Å². The normalized spacial score (nSPS) is 19.8. The third-order valence-corrected chi connectivity index (χ3v) is 15.5. The molecule has 1 atom stereocenters. The molecule has 5 aliphatic carbocycles. The van der Waals surface area contributed by atoms with Crippen LogP contribution in [0.2, 0.25) is 0 Å². The summed E-state index contributed by atoms with van der Waals surface area (Å²) in [6, 6.07) is 59.6. The number of anilines is 3. The zero-order chi connectivity index (χ0) is 39.3. The Hall–Kier alpha value is -5.66. The van der Waals surface area contributed by atoms with Gasteiger partial charge in [0.05, 0.1) is 5.41 Å². The molecule has 7 aromatic carbocycles. The molecule has 1 unspecified atom stereocenters. The second-order valence-corrected chi connectivity index (χ2v) is 18.9. The van der Waals surface area contributed by atoms with E-state index in [2.05, 4.69) is 170 Å². The standard InChI is InChI=1S/C58H53N/c1-57(2)51-22-12-9-19-45(51)48-33-30-43(36-54(48)57)59(42-28-25-40(26-29-42)38-15-5-3-6-16-38)44-31-34-50-47-21-11-14-24-53(47)58(56(50)37-44)52-23-13-10-20-46(52)49-32-27-41(35-55(49)58)39-17-7-4-8-18-39/h9-14,19-39H,3-8,15-18H2,1-2H3. The van der Waals surface area contributed by atoms with Gasteiger partial charge in [0.1, 0.15) is 0 Å². The number of benzene rings is 7. The Bertz CT molecular complexity index is 2760. The molecule has 0 radical (unpaired) electrons. The van der Waals surface area contributed by atoms with Gasteiger partial charge in [0.2, 0.25) is 0 Å². The van der Waals surface area contributed by atoms with Crippen LogP contribution in [0.4, 0.5) is 17.1 Å². The minimum Gasteiger partial charge on any atom is -0.310 e. The highest BCUT2D eigenvalue weighted by Crippen LogP contribution is 2.64. The fraction of sp³-hybridized carbons (Fsp3) is 0.276. The molecule has 0 saturated heterocycles. The summed E-state index contributed by atoms with van der Waals surface area (Å²) in [6.45, 7) is 4.80. The van der Waals surface area contributed by atoms with Gasteiger partial charge in [-0.3, -0.25) is 0 Å². The van der Waals surface area contributed by atoms with Gasteiger partial charge in [-0.05, 0) is 152 Å². The molecule has 0 aliphatic heterocycles. The average Bonchev–Trinajstić information content (AvgIpc) is 3.85. The van der Waals surface area contributed by atoms with Gasteiger partial charge >= 0.3 is 0 Å². The molecule has 1 spiro atoms. The lowest BCUT2D eigenvalue weighted by Gasteiger charge is -2.33. The van der Waals surface area contributed by atoms with Crippen molar-refractivity contribution < 1.29 is 0 Å². The maximum atomic E-state index is 2.64. The van der Waals surface area contributed by atoms with Gasteiger partial charge in [-0.15, -0.1) is 0 Å². The van der Waals surface area contributed by atoms with Crippen LogP contribution in [0.1, 0.15) is 134 Å². The summed E-state index contributed by atoms with van der Waals surface area (Å²) in [5, 5.41) is 0. The monoisotopic (exact) mass is 763 g/mol. The molecule has 1 nitrogen and oxygen atoms in total. The highest BCUT2D eigenvalue weighted by atomic mass is 15.1. The van der Waals surface area contributed by atoms with E-state index < -0.39 is 5.41 Å². The molecular formula is C58H53N. The molecule has 0 amide bonds. The highest BCUT2D eigenvalue weighted by molar-refractivity contribution is 5.96. The second-order valence-electron chi connectivity index (χ2n) is 18.9. The molecule has 5 aliphatic rings. The van der Waals surface area contributed by atoms with E-state index in [1.807, 2.05) is 0 Å². The first-order valence-corrected chi connectivity index (χ1v) is 22.6. The lowest BCUT2D eigenvalue weighted by atomic mass is 9.69. The molecule has 0 heterocycles. The van der Waals surface area contributed by atoms with Gasteiger partial charge < -0.3 is 4.90 Å². The summed E-state index contributed by atoms with van der Waals surface area (Å²) in [7, 11) is 0. The van der Waals surface area contributed by atoms with Crippen LogP contribution < -0.4 is 4.90 Å². The fourth-order valence-electron chi connectivity index (χ4n) is 12.6. The van der Waals surface area contributed by atoms with Crippen molar-refractivity contribution in [3.8, 4) is 33.4 Å². The van der Waals surface area contributed by atoms with E-state index in [0.717, 1.165) is 0 Å². The van der Waals surface area contributed by atoms with Crippen molar-refractivity contribution in [3.05, 3.63) is 196 Å². The zero-order valence-corrected chi connectivity index (χ0v) is 34.6. The average molecular weight is 764 g/mol. The third-order valence-electron chi connectivity index (χ3n) is 15.5. The number of fused-ring (bicyclic) bond motifs is 13. The Labute approximate surface area is 350 Å². The lowest BCUT2D eigenvalue weighted by Crippen LogP contribution is -2.26. The number of hydrogen-bond donors (Lipinski definition) is 0. The third kappa shape index (κ3) is 5.16. The van der Waals surface area contributed by atoms with Crippen molar-refractivity contribution in [2.24, 2.45) is 0 Å². The van der Waals surface area contributed by atoms with Gasteiger partial charge in [-0.2, -0.15) is 0 Å². The van der Waals surface area contributed by atoms with Crippen molar-refractivity contribution in [2.75, 3.05) is 4.90 Å². The van der Waals surface area contributed by atoms with E-state index >= 15 is 0 Å². The van der Waals surface area contributed by atoms with E-state index in [4.69, 9.17) is 0 Å². The summed E-state index contributed by atoms with van der Waals surface area (Å²) in [5.74, 6) is 1.31. The summed E-state index contributed by atoms with van der Waals surface area (Å²) in [6.07, 6.45) is 13.3. The Morgan fingerprint density at radius 1 is 0.356 bits per heavy atom. The largest absolute Gasteiger partial charge is 0.310 e. The minimum absolute atomic E-state index is 0.0879. The first-order chi connectivity index (χ1) is 29.0. The van der Waals surface area contributed by atoms with Crippen molar-refractivity contribution in [2.45, 2.75) is 101 Å². The highest BCUT2D eigenvalue weighted by Gasteiger charge is 2.52. The van der Waals surface area contributed by atoms with Crippen molar-refractivity contribution in [1.82, 2.24) is 0 Å². The molecule has 2 fully saturated rings. The molecule has 1 heteroatoms. The minimum atomic E-state index is -0.392. The summed E-state index contributed by atoms with van der Waals surface area (Å²) in [5.41, 5.74) is 22.9. The van der Waals surface area contributed by atoms with Crippen molar-refractivity contribution >= 4 is 17.1 Å². The van der Waals surface area contributed by atoms with Crippen LogP contribution in [0, 0.1) is 0 Å². The maximum Gasteiger partial charge on any atom is 0.0726 e. The SMILES string of the molecule is CC1(C)c2ccccc2-c2ccc(N(c3ccc(C4CCCCC4)cc3)c3ccc4c(c3)C3(c5ccccc5-c5ccc(C6CCCCC6)cc53)c3ccccc3-4)cc21. The quantitative estimate of drug-likeness (QED) is 0.169. The van der Waals surface area contributed by atoms with E-state index in [1.165, 1.54) is 159 Å². The fourth-order valence-corrected chi connectivity index (χ4v) is 12.6. The van der Waals surface area contributed by atoms with Crippen LogP contribution >= 0.6 is 0 Å². The predicted octanol–water partition coefficient (Wildman–Crippen LogP) is 15.9. The summed E-state index contributed by atoms with van der Waals surface area (Å²) in [4.78, 5) is 2.56. The molecule has 290 valence electrons. The Balaban J connectivity index is 1.07. The van der Waals surface area contributed by atoms with Crippen LogP contribution in [0.5, 0.6) is 0 Å². The molecule has 7 aromatic rings. The topological polar surface area (TPSA) is 3.24 Å². The van der Waals surface area contributed by atoms with Crippen LogP contribution in [-0.2, 0) is 10.8 Å². The second kappa shape index (κ2) is 13.4. The molecule has 2 saturated carbocycles. The van der Waals surface area contributed by atoms with Gasteiger partial charge in [0, 0.05) is 22.5 Å². The number of nitrogens with zero attached hydrogens (tertiary/aromatic N) is 1. The molecule has 12 rings (SSSR count). The first kappa shape index (κ1) is 35.3. The van der Waals surface area contributed by atoms with Gasteiger partial charge in [0.25, 0.3) is 0 Å². The Morgan fingerprint density at radius 3 is 1.36 bits per heavy atom. The zero-order valence-electron chi connectivity index (χ0n) is 34.6. The molecular weight excluding hydrogens is 711 g/mol. The Kier molecular flexibility index (Phi) is 8.04. The van der Waals surface area contributed by atoms with E-state index in [-0.39, 0.29) is 5.41 Å². The lowest BCUT2D eigenvalue weighted by molar-refractivity contribution is 0.443. The van der Waals surface area contributed by atoms with Crippen LogP contribution in [0.25, 0.3) is 33.4 Å². The predicted molar refractivity (Wildman–Crippen MR) is 247 cm³/mol. The van der Waals surface area contributed by atoms with Crippen molar-refractivity contribution in [1.29, 1.82) is 0 Å². The van der Waals surface area contributed by atoms with E-state index in [1.54, 1.807) is 0 Å². The smallest absolute Gasteiger partial charge is 0.0726 e. The van der Waals surface area contributed by atoms with Crippen LogP contribution in [-0.4, -0.2) is 0 Å². The first-order valence-electron chi connectivity index (χ1n) is 22.6. The van der Waals surface area contributed by atoms with Gasteiger partial charge in [-0.1, -0.05) is 168 Å². The van der Waals surface area contributed by atoms with Crippen LogP contribution in [0.15, 0.2) is 152 Å². The number of hydrogen-bond acceptors (Lipinski definition) is 1. The number of rotatable bonds is 5. The molecule has 0 N–H and O–H groups in total. The maximum absolute atomic E-state index is 2.64.